The number of ether oxygens (including phenoxy) is 1. The van der Waals surface area contributed by atoms with Gasteiger partial charge in [0.1, 0.15) is 11.5 Å². The van der Waals surface area contributed by atoms with Crippen LogP contribution in [0.5, 0.6) is 5.75 Å². The van der Waals surface area contributed by atoms with Crippen LogP contribution in [0.4, 0.5) is 0 Å². The second-order valence-corrected chi connectivity index (χ2v) is 4.37. The highest BCUT2D eigenvalue weighted by Gasteiger charge is 2.16. The monoisotopic (exact) mass is 260 g/mol. The molecular weight excluding hydrogens is 240 g/mol. The van der Waals surface area contributed by atoms with Gasteiger partial charge in [-0.1, -0.05) is 6.92 Å². The van der Waals surface area contributed by atoms with Crippen LogP contribution < -0.4 is 10.1 Å². The molecule has 0 bridgehead atoms. The van der Waals surface area contributed by atoms with Crippen molar-refractivity contribution in [2.75, 3.05) is 13.2 Å². The van der Waals surface area contributed by atoms with E-state index in [9.17, 15) is 0 Å². The van der Waals surface area contributed by atoms with Crippen molar-refractivity contribution < 1.29 is 9.15 Å². The Hall–Kier alpha value is -1.81. The molecular formula is C15H20N2O2. The van der Waals surface area contributed by atoms with Gasteiger partial charge in [-0.05, 0) is 38.1 Å². The van der Waals surface area contributed by atoms with Crippen LogP contribution in [0.2, 0.25) is 0 Å². The Bertz CT molecular complexity index is 522. The van der Waals surface area contributed by atoms with Crippen LogP contribution in [0.15, 0.2) is 35.2 Å². The van der Waals surface area contributed by atoms with Gasteiger partial charge in [0, 0.05) is 11.8 Å². The van der Waals surface area contributed by atoms with Crippen LogP contribution in [-0.4, -0.2) is 18.1 Å². The van der Waals surface area contributed by atoms with Crippen LogP contribution in [0.1, 0.15) is 36.8 Å². The summed E-state index contributed by atoms with van der Waals surface area (Å²) in [7, 11) is 0. The lowest BCUT2D eigenvalue weighted by atomic mass is 10.0. The molecule has 102 valence electrons. The molecule has 0 radical (unpaired) electrons. The van der Waals surface area contributed by atoms with Crippen molar-refractivity contribution in [3.8, 4) is 5.75 Å². The van der Waals surface area contributed by atoms with E-state index < -0.39 is 0 Å². The van der Waals surface area contributed by atoms with Gasteiger partial charge in [-0.2, -0.15) is 0 Å². The van der Waals surface area contributed by atoms with Gasteiger partial charge in [0.2, 0.25) is 0 Å². The maximum absolute atomic E-state index is 5.50. The normalized spacial score (nSPS) is 12.4. The molecule has 4 heteroatoms. The van der Waals surface area contributed by atoms with Gasteiger partial charge >= 0.3 is 0 Å². The average Bonchev–Trinajstić information content (AvgIpc) is 2.83. The van der Waals surface area contributed by atoms with Gasteiger partial charge in [0.15, 0.2) is 0 Å². The molecule has 1 atom stereocenters. The first kappa shape index (κ1) is 13.6. The predicted molar refractivity (Wildman–Crippen MR) is 74.4 cm³/mol. The van der Waals surface area contributed by atoms with Gasteiger partial charge in [-0.25, -0.2) is 0 Å². The number of nitrogens with one attached hydrogen (secondary N) is 1. The largest absolute Gasteiger partial charge is 0.492 e. The topological polar surface area (TPSA) is 47.3 Å². The number of nitrogens with zero attached hydrogens (tertiary/aromatic N) is 1. The van der Waals surface area contributed by atoms with Crippen LogP contribution >= 0.6 is 0 Å². The molecule has 1 unspecified atom stereocenters. The van der Waals surface area contributed by atoms with Crippen molar-refractivity contribution >= 4 is 0 Å². The minimum absolute atomic E-state index is 0.0790. The molecule has 0 aliphatic heterocycles. The number of aryl methyl sites for hydroxylation is 1. The Morgan fingerprint density at radius 1 is 1.26 bits per heavy atom. The lowest BCUT2D eigenvalue weighted by Crippen LogP contribution is -2.21. The summed E-state index contributed by atoms with van der Waals surface area (Å²) in [5.41, 5.74) is 2.18. The summed E-state index contributed by atoms with van der Waals surface area (Å²) in [5, 5.41) is 3.44. The molecule has 0 spiro atoms. The van der Waals surface area contributed by atoms with Crippen molar-refractivity contribution in [1.82, 2.24) is 10.3 Å². The minimum Gasteiger partial charge on any atom is -0.492 e. The second-order valence-electron chi connectivity index (χ2n) is 4.37. The number of hydrogen-bond donors (Lipinski definition) is 1. The van der Waals surface area contributed by atoms with Crippen molar-refractivity contribution in [3.05, 3.63) is 47.7 Å². The number of pyridine rings is 1. The van der Waals surface area contributed by atoms with Gasteiger partial charge < -0.3 is 14.5 Å². The van der Waals surface area contributed by atoms with Crippen LogP contribution in [0.25, 0.3) is 0 Å². The Labute approximate surface area is 113 Å². The predicted octanol–water partition coefficient (Wildman–Crippen LogP) is 3.08. The van der Waals surface area contributed by atoms with Crippen molar-refractivity contribution in [3.63, 3.8) is 0 Å². The fraction of sp³-hybridized carbons (Fsp3) is 0.400. The Kier molecular flexibility index (Phi) is 4.58. The zero-order chi connectivity index (χ0) is 13.7. The first-order chi connectivity index (χ1) is 9.24. The van der Waals surface area contributed by atoms with Gasteiger partial charge in [0.05, 0.1) is 25.1 Å². The molecule has 0 amide bonds. The molecule has 0 aromatic carbocycles. The van der Waals surface area contributed by atoms with Gasteiger partial charge in [-0.3, -0.25) is 4.98 Å². The standard InChI is InChI=1S/C15H20N2O2/c1-4-17-15(13-6-11(3)19-10-13)12-7-14(18-5-2)9-16-8-12/h6-10,15,17H,4-5H2,1-3H3. The van der Waals surface area contributed by atoms with E-state index in [0.717, 1.165) is 29.2 Å². The molecule has 0 aliphatic rings. The Balaban J connectivity index is 2.30. The van der Waals surface area contributed by atoms with Crippen molar-refractivity contribution in [2.24, 2.45) is 0 Å². The highest BCUT2D eigenvalue weighted by molar-refractivity contribution is 5.33. The zero-order valence-corrected chi connectivity index (χ0v) is 11.6. The maximum atomic E-state index is 5.50. The molecule has 4 nitrogen and oxygen atoms in total. The molecule has 19 heavy (non-hydrogen) atoms. The van der Waals surface area contributed by atoms with E-state index >= 15 is 0 Å². The second kappa shape index (κ2) is 6.38. The Morgan fingerprint density at radius 2 is 2.11 bits per heavy atom. The SMILES string of the molecule is CCNC(c1cncc(OCC)c1)c1coc(C)c1. The number of rotatable bonds is 6. The number of hydrogen-bond acceptors (Lipinski definition) is 4. The number of furan rings is 1. The third-order valence-corrected chi connectivity index (χ3v) is 2.87. The maximum Gasteiger partial charge on any atom is 0.137 e. The summed E-state index contributed by atoms with van der Waals surface area (Å²) in [6.45, 7) is 7.50. The van der Waals surface area contributed by atoms with Crippen LogP contribution in [0, 0.1) is 6.92 Å². The summed E-state index contributed by atoms with van der Waals surface area (Å²) in [4.78, 5) is 4.24. The molecule has 0 saturated carbocycles. The van der Waals surface area contributed by atoms with E-state index in [1.165, 1.54) is 0 Å². The molecule has 1 N–H and O–H groups in total. The summed E-state index contributed by atoms with van der Waals surface area (Å²) < 4.78 is 10.9. The lowest BCUT2D eigenvalue weighted by molar-refractivity contribution is 0.338. The molecule has 2 aromatic rings. The molecule has 0 fully saturated rings. The van der Waals surface area contributed by atoms with E-state index in [-0.39, 0.29) is 6.04 Å². The summed E-state index contributed by atoms with van der Waals surface area (Å²) in [6, 6.07) is 4.14. The summed E-state index contributed by atoms with van der Waals surface area (Å²) in [6.07, 6.45) is 5.38. The van der Waals surface area contributed by atoms with E-state index in [0.29, 0.717) is 6.61 Å². The van der Waals surface area contributed by atoms with Gasteiger partial charge in [-0.15, -0.1) is 0 Å². The average molecular weight is 260 g/mol. The molecule has 0 aliphatic carbocycles. The van der Waals surface area contributed by atoms with Crippen molar-refractivity contribution in [1.29, 1.82) is 0 Å². The highest BCUT2D eigenvalue weighted by atomic mass is 16.5. The Morgan fingerprint density at radius 3 is 2.74 bits per heavy atom. The minimum atomic E-state index is 0.0790. The van der Waals surface area contributed by atoms with Crippen LogP contribution in [0.3, 0.4) is 0 Å². The van der Waals surface area contributed by atoms with E-state index in [2.05, 4.69) is 17.2 Å². The van der Waals surface area contributed by atoms with Crippen LogP contribution in [-0.2, 0) is 0 Å². The first-order valence-electron chi connectivity index (χ1n) is 6.60. The fourth-order valence-corrected chi connectivity index (χ4v) is 2.09. The fourth-order valence-electron chi connectivity index (χ4n) is 2.09. The van der Waals surface area contributed by atoms with Crippen molar-refractivity contribution in [2.45, 2.75) is 26.8 Å². The molecule has 2 aromatic heterocycles. The first-order valence-corrected chi connectivity index (χ1v) is 6.60. The number of aromatic nitrogens is 1. The zero-order valence-electron chi connectivity index (χ0n) is 11.6. The van der Waals surface area contributed by atoms with E-state index in [1.54, 1.807) is 12.5 Å². The van der Waals surface area contributed by atoms with E-state index in [1.807, 2.05) is 32.2 Å². The quantitative estimate of drug-likeness (QED) is 0.867. The summed E-state index contributed by atoms with van der Waals surface area (Å²) >= 11 is 0. The smallest absolute Gasteiger partial charge is 0.137 e. The third-order valence-electron chi connectivity index (χ3n) is 2.87. The lowest BCUT2D eigenvalue weighted by Gasteiger charge is -2.17. The highest BCUT2D eigenvalue weighted by Crippen LogP contribution is 2.25. The van der Waals surface area contributed by atoms with E-state index in [4.69, 9.17) is 9.15 Å². The molecule has 2 heterocycles. The molecule has 0 saturated heterocycles. The molecule has 2 rings (SSSR count). The third kappa shape index (κ3) is 3.35. The summed E-state index contributed by atoms with van der Waals surface area (Å²) in [5.74, 6) is 1.70. The van der Waals surface area contributed by atoms with Gasteiger partial charge in [0.25, 0.3) is 0 Å².